The first-order chi connectivity index (χ1) is 8.93. The highest BCUT2D eigenvalue weighted by molar-refractivity contribution is 5.86. The van der Waals surface area contributed by atoms with E-state index in [-0.39, 0.29) is 31.1 Å². The zero-order valence-corrected chi connectivity index (χ0v) is 11.3. The van der Waals surface area contributed by atoms with Gasteiger partial charge in [0, 0.05) is 12.1 Å². The minimum absolute atomic E-state index is 0.123. The SMILES string of the molecule is CCC(C)N(CC(=O)O)C(=O)NCC(=O)NC1CC1. The van der Waals surface area contributed by atoms with Crippen LogP contribution in [0.15, 0.2) is 0 Å². The largest absolute Gasteiger partial charge is 0.480 e. The minimum Gasteiger partial charge on any atom is -0.480 e. The predicted molar refractivity (Wildman–Crippen MR) is 68.7 cm³/mol. The van der Waals surface area contributed by atoms with E-state index in [1.165, 1.54) is 4.90 Å². The molecule has 1 aliphatic rings. The van der Waals surface area contributed by atoms with E-state index in [4.69, 9.17) is 5.11 Å². The van der Waals surface area contributed by atoms with Crippen LogP contribution >= 0.6 is 0 Å². The third-order valence-corrected chi connectivity index (χ3v) is 3.03. The van der Waals surface area contributed by atoms with Crippen molar-refractivity contribution in [3.8, 4) is 0 Å². The molecule has 3 amide bonds. The molecule has 0 radical (unpaired) electrons. The molecule has 7 heteroatoms. The van der Waals surface area contributed by atoms with E-state index in [1.54, 1.807) is 6.92 Å². The first-order valence-corrected chi connectivity index (χ1v) is 6.49. The number of aliphatic carboxylic acids is 1. The second-order valence-corrected chi connectivity index (χ2v) is 4.78. The van der Waals surface area contributed by atoms with E-state index >= 15 is 0 Å². The molecular weight excluding hydrogens is 250 g/mol. The second kappa shape index (κ2) is 6.96. The maximum atomic E-state index is 11.9. The number of nitrogens with zero attached hydrogens (tertiary/aromatic N) is 1. The first-order valence-electron chi connectivity index (χ1n) is 6.49. The fourth-order valence-electron chi connectivity index (χ4n) is 1.56. The second-order valence-electron chi connectivity index (χ2n) is 4.78. The Hall–Kier alpha value is -1.79. The lowest BCUT2D eigenvalue weighted by Crippen LogP contribution is -2.49. The van der Waals surface area contributed by atoms with Crippen molar-refractivity contribution >= 4 is 17.9 Å². The van der Waals surface area contributed by atoms with Gasteiger partial charge in [0.1, 0.15) is 6.54 Å². The van der Waals surface area contributed by atoms with Gasteiger partial charge >= 0.3 is 12.0 Å². The topological polar surface area (TPSA) is 98.7 Å². The van der Waals surface area contributed by atoms with Crippen LogP contribution in [0.4, 0.5) is 4.79 Å². The van der Waals surface area contributed by atoms with Crippen LogP contribution in [0.5, 0.6) is 0 Å². The summed E-state index contributed by atoms with van der Waals surface area (Å²) in [5, 5.41) is 14.0. The predicted octanol–water partition coefficient (Wildman–Crippen LogP) is 0.160. The molecule has 0 spiro atoms. The van der Waals surface area contributed by atoms with Gasteiger partial charge in [0.15, 0.2) is 0 Å². The summed E-state index contributed by atoms with van der Waals surface area (Å²) in [6.07, 6.45) is 2.62. The van der Waals surface area contributed by atoms with Crippen molar-refractivity contribution in [1.29, 1.82) is 0 Å². The molecule has 1 saturated carbocycles. The Labute approximate surface area is 112 Å². The zero-order valence-electron chi connectivity index (χ0n) is 11.3. The summed E-state index contributed by atoms with van der Waals surface area (Å²) >= 11 is 0. The standard InChI is InChI=1S/C12H21N3O4/c1-3-8(2)15(7-11(17)18)12(19)13-6-10(16)14-9-4-5-9/h8-9H,3-7H2,1-2H3,(H,13,19)(H,14,16)(H,17,18). The van der Waals surface area contributed by atoms with Crippen molar-refractivity contribution in [2.75, 3.05) is 13.1 Å². The van der Waals surface area contributed by atoms with Gasteiger partial charge in [-0.05, 0) is 26.2 Å². The molecule has 0 heterocycles. The Kier molecular flexibility index (Phi) is 5.59. The van der Waals surface area contributed by atoms with Crippen molar-refractivity contribution < 1.29 is 19.5 Å². The van der Waals surface area contributed by atoms with E-state index in [0.717, 1.165) is 12.8 Å². The molecule has 0 aromatic carbocycles. The summed E-state index contributed by atoms with van der Waals surface area (Å²) in [5.41, 5.74) is 0. The quantitative estimate of drug-likeness (QED) is 0.614. The van der Waals surface area contributed by atoms with Gasteiger partial charge < -0.3 is 20.6 Å². The highest BCUT2D eigenvalue weighted by atomic mass is 16.4. The number of carbonyl (C=O) groups excluding carboxylic acids is 2. The maximum Gasteiger partial charge on any atom is 0.323 e. The summed E-state index contributed by atoms with van der Waals surface area (Å²) in [5.74, 6) is -1.31. The molecule has 1 unspecified atom stereocenters. The lowest BCUT2D eigenvalue weighted by Gasteiger charge is -2.26. The molecule has 1 atom stereocenters. The van der Waals surface area contributed by atoms with Crippen molar-refractivity contribution in [2.24, 2.45) is 0 Å². The summed E-state index contributed by atoms with van der Waals surface area (Å²) in [6, 6.07) is -0.473. The number of hydrogen-bond acceptors (Lipinski definition) is 3. The molecule has 0 bridgehead atoms. The number of amides is 3. The van der Waals surface area contributed by atoms with Crippen molar-refractivity contribution in [1.82, 2.24) is 15.5 Å². The Balaban J connectivity index is 2.41. The van der Waals surface area contributed by atoms with Gasteiger partial charge in [-0.15, -0.1) is 0 Å². The zero-order chi connectivity index (χ0) is 14.4. The highest BCUT2D eigenvalue weighted by Crippen LogP contribution is 2.18. The van der Waals surface area contributed by atoms with E-state index in [9.17, 15) is 14.4 Å². The van der Waals surface area contributed by atoms with Crippen molar-refractivity contribution in [3.63, 3.8) is 0 Å². The fraction of sp³-hybridized carbons (Fsp3) is 0.750. The summed E-state index contributed by atoms with van der Waals surface area (Å²) in [7, 11) is 0. The van der Waals surface area contributed by atoms with Gasteiger partial charge in [-0.25, -0.2) is 4.79 Å². The third-order valence-electron chi connectivity index (χ3n) is 3.03. The lowest BCUT2D eigenvalue weighted by atomic mass is 10.2. The van der Waals surface area contributed by atoms with Crippen LogP contribution in [0, 0.1) is 0 Å². The summed E-state index contributed by atoms with van der Waals surface area (Å²) < 4.78 is 0. The Morgan fingerprint density at radius 3 is 2.47 bits per heavy atom. The number of carboxylic acids is 1. The van der Waals surface area contributed by atoms with Crippen molar-refractivity contribution in [2.45, 2.75) is 45.2 Å². The third kappa shape index (κ3) is 5.58. The lowest BCUT2D eigenvalue weighted by molar-refractivity contribution is -0.138. The van der Waals surface area contributed by atoms with Crippen LogP contribution in [0.25, 0.3) is 0 Å². The Bertz CT molecular complexity index is 355. The molecule has 19 heavy (non-hydrogen) atoms. The molecule has 1 fully saturated rings. The number of carbonyl (C=O) groups is 3. The molecule has 108 valence electrons. The highest BCUT2D eigenvalue weighted by Gasteiger charge is 2.25. The van der Waals surface area contributed by atoms with Crippen LogP contribution < -0.4 is 10.6 Å². The molecule has 0 aromatic rings. The number of urea groups is 1. The fourth-order valence-corrected chi connectivity index (χ4v) is 1.56. The number of hydrogen-bond donors (Lipinski definition) is 3. The van der Waals surface area contributed by atoms with Crippen LogP contribution in [0.2, 0.25) is 0 Å². The van der Waals surface area contributed by atoms with Gasteiger partial charge in [-0.2, -0.15) is 0 Å². The average molecular weight is 271 g/mol. The van der Waals surface area contributed by atoms with E-state index in [0.29, 0.717) is 6.42 Å². The molecular formula is C12H21N3O4. The van der Waals surface area contributed by atoms with E-state index in [2.05, 4.69) is 10.6 Å². The monoisotopic (exact) mass is 271 g/mol. The number of nitrogens with one attached hydrogen (secondary N) is 2. The minimum atomic E-state index is -1.07. The number of rotatable bonds is 7. The van der Waals surface area contributed by atoms with Gasteiger partial charge in [0.2, 0.25) is 5.91 Å². The summed E-state index contributed by atoms with van der Waals surface area (Å²) in [6.45, 7) is 3.15. The smallest absolute Gasteiger partial charge is 0.323 e. The molecule has 3 N–H and O–H groups in total. The molecule has 0 aromatic heterocycles. The molecule has 0 saturated heterocycles. The van der Waals surface area contributed by atoms with Gasteiger partial charge in [-0.1, -0.05) is 6.92 Å². The van der Waals surface area contributed by atoms with Crippen LogP contribution in [0.3, 0.4) is 0 Å². The normalized spacial score (nSPS) is 15.5. The number of carboxylic acid groups (broad SMARTS) is 1. The van der Waals surface area contributed by atoms with E-state index < -0.39 is 12.0 Å². The molecule has 7 nitrogen and oxygen atoms in total. The van der Waals surface area contributed by atoms with Gasteiger partial charge in [-0.3, -0.25) is 9.59 Å². The molecule has 0 aliphatic heterocycles. The average Bonchev–Trinajstić information content (AvgIpc) is 3.15. The Morgan fingerprint density at radius 1 is 1.37 bits per heavy atom. The molecule has 1 rings (SSSR count). The first kappa shape index (κ1) is 15.3. The summed E-state index contributed by atoms with van der Waals surface area (Å²) in [4.78, 5) is 35.2. The maximum absolute atomic E-state index is 11.9. The van der Waals surface area contributed by atoms with Gasteiger partial charge in [0.25, 0.3) is 0 Å². The van der Waals surface area contributed by atoms with E-state index in [1.807, 2.05) is 6.92 Å². The van der Waals surface area contributed by atoms with Crippen LogP contribution in [0.1, 0.15) is 33.1 Å². The van der Waals surface area contributed by atoms with Gasteiger partial charge in [0.05, 0.1) is 6.54 Å². The Morgan fingerprint density at radius 2 is 2.00 bits per heavy atom. The van der Waals surface area contributed by atoms with Crippen LogP contribution in [-0.2, 0) is 9.59 Å². The van der Waals surface area contributed by atoms with Crippen LogP contribution in [-0.4, -0.2) is 53.1 Å². The van der Waals surface area contributed by atoms with Crippen molar-refractivity contribution in [3.05, 3.63) is 0 Å². The molecule has 1 aliphatic carbocycles.